The first kappa shape index (κ1) is 29.8. The molecule has 0 aliphatic carbocycles. The van der Waals surface area contributed by atoms with Gasteiger partial charge in [-0.3, -0.25) is 24.0 Å². The minimum Gasteiger partial charge on any atom is -0.481 e. The molecule has 4 unspecified atom stereocenters. The largest absolute Gasteiger partial charge is 0.481 e. The second-order valence-corrected chi connectivity index (χ2v) is 9.49. The summed E-state index contributed by atoms with van der Waals surface area (Å²) in [6, 6.07) is 11.1. The zero-order valence-electron chi connectivity index (χ0n) is 22.1. The highest BCUT2D eigenvalue weighted by Gasteiger charge is 2.43. The van der Waals surface area contributed by atoms with Crippen LogP contribution in [-0.4, -0.2) is 67.7 Å². The Labute approximate surface area is 230 Å². The lowest BCUT2D eigenvalue weighted by Crippen LogP contribution is -2.47. The number of primary amides is 2. The second-order valence-electron chi connectivity index (χ2n) is 9.49. The molecule has 2 aliphatic heterocycles. The summed E-state index contributed by atoms with van der Waals surface area (Å²) in [4.78, 5) is 72.3. The van der Waals surface area contributed by atoms with Crippen molar-refractivity contribution in [3.8, 4) is 0 Å². The standard InChI is InChI=1S/2C14H16N2O4/c1-2-10-8-5-3-4-6-9(8)14(20)16(10)11(13(15)19)7-12(17)18;1-2-10-8-5-3-4-6-9(8)13(18)16(10)11(14(19)20)7-12(15)17/h3-6,10-11H,2,7H2,1H3,(H2,15,19)(H,17,18);3-6,10-11H,2,7H2,1H3,(H2,15,17)(H,19,20). The monoisotopic (exact) mass is 552 g/mol. The summed E-state index contributed by atoms with van der Waals surface area (Å²) >= 11 is 0. The van der Waals surface area contributed by atoms with Gasteiger partial charge in [-0.2, -0.15) is 0 Å². The van der Waals surface area contributed by atoms with E-state index in [9.17, 15) is 33.9 Å². The number of hydrogen-bond donors (Lipinski definition) is 4. The van der Waals surface area contributed by atoms with Crippen LogP contribution in [0.4, 0.5) is 0 Å². The van der Waals surface area contributed by atoms with Gasteiger partial charge in [-0.05, 0) is 36.1 Å². The molecule has 0 spiro atoms. The van der Waals surface area contributed by atoms with E-state index in [0.29, 0.717) is 24.0 Å². The Bertz CT molecular complexity index is 1240. The predicted octanol–water partition coefficient (Wildman–Crippen LogP) is 1.84. The first-order chi connectivity index (χ1) is 18.9. The van der Waals surface area contributed by atoms with Crippen LogP contribution in [0.3, 0.4) is 0 Å². The maximum atomic E-state index is 12.4. The molecule has 0 aromatic heterocycles. The third-order valence-electron chi connectivity index (χ3n) is 7.06. The van der Waals surface area contributed by atoms with Gasteiger partial charge < -0.3 is 31.5 Å². The van der Waals surface area contributed by atoms with E-state index in [1.807, 2.05) is 38.1 Å². The topological polar surface area (TPSA) is 201 Å². The van der Waals surface area contributed by atoms with Crippen molar-refractivity contribution in [3.63, 3.8) is 0 Å². The molecule has 4 atom stereocenters. The number of nitrogens with two attached hydrogens (primary N) is 2. The summed E-state index contributed by atoms with van der Waals surface area (Å²) in [7, 11) is 0. The molecule has 0 bridgehead atoms. The zero-order valence-corrected chi connectivity index (χ0v) is 22.1. The van der Waals surface area contributed by atoms with Gasteiger partial charge in [0.05, 0.1) is 24.9 Å². The quantitative estimate of drug-likeness (QED) is 0.342. The number of carbonyl (C=O) groups is 6. The van der Waals surface area contributed by atoms with E-state index in [2.05, 4.69) is 0 Å². The highest BCUT2D eigenvalue weighted by molar-refractivity contribution is 6.03. The third kappa shape index (κ3) is 5.80. The van der Waals surface area contributed by atoms with E-state index in [0.717, 1.165) is 11.1 Å². The first-order valence-corrected chi connectivity index (χ1v) is 12.8. The average Bonchev–Trinajstić information content (AvgIpc) is 3.36. The van der Waals surface area contributed by atoms with Gasteiger partial charge in [-0.1, -0.05) is 50.2 Å². The van der Waals surface area contributed by atoms with Gasteiger partial charge in [0, 0.05) is 11.1 Å². The molecule has 0 fully saturated rings. The smallest absolute Gasteiger partial charge is 0.326 e. The molecule has 12 nitrogen and oxygen atoms in total. The van der Waals surface area contributed by atoms with E-state index >= 15 is 0 Å². The maximum Gasteiger partial charge on any atom is 0.326 e. The lowest BCUT2D eigenvalue weighted by atomic mass is 10.0. The van der Waals surface area contributed by atoms with Gasteiger partial charge in [-0.25, -0.2) is 4.79 Å². The van der Waals surface area contributed by atoms with Crippen molar-refractivity contribution in [2.75, 3.05) is 0 Å². The number of rotatable bonds is 10. The molecule has 0 saturated carbocycles. The molecular weight excluding hydrogens is 520 g/mol. The zero-order chi connectivity index (χ0) is 29.7. The summed E-state index contributed by atoms with van der Waals surface area (Å²) in [6.45, 7) is 3.75. The SMILES string of the molecule is CCC1c2ccccc2C(=O)N1C(CC(=O)O)C(N)=O.CCC1c2ccccc2C(=O)N1C(CC(N)=O)C(=O)O. The number of hydrogen-bond acceptors (Lipinski definition) is 6. The predicted molar refractivity (Wildman–Crippen MR) is 142 cm³/mol. The molecule has 2 aliphatic rings. The Kier molecular flexibility index (Phi) is 9.25. The maximum absolute atomic E-state index is 12.4. The Morgan fingerprint density at radius 3 is 1.52 bits per heavy atom. The molecular formula is C28H32N4O8. The summed E-state index contributed by atoms with van der Waals surface area (Å²) in [5.74, 6) is -4.61. The highest BCUT2D eigenvalue weighted by Crippen LogP contribution is 2.39. The lowest BCUT2D eigenvalue weighted by molar-refractivity contribution is -0.145. The molecule has 6 N–H and O–H groups in total. The minimum absolute atomic E-state index is 0.310. The Balaban J connectivity index is 0.000000220. The number of benzene rings is 2. The van der Waals surface area contributed by atoms with Crippen LogP contribution in [0.5, 0.6) is 0 Å². The number of aliphatic carboxylic acids is 2. The first-order valence-electron chi connectivity index (χ1n) is 12.8. The minimum atomic E-state index is -1.22. The van der Waals surface area contributed by atoms with E-state index in [4.69, 9.17) is 16.6 Å². The van der Waals surface area contributed by atoms with Gasteiger partial charge in [0.25, 0.3) is 11.8 Å². The van der Waals surface area contributed by atoms with Crippen molar-refractivity contribution in [1.29, 1.82) is 0 Å². The summed E-state index contributed by atoms with van der Waals surface area (Å²) < 4.78 is 0. The van der Waals surface area contributed by atoms with Crippen LogP contribution >= 0.6 is 0 Å². The molecule has 0 radical (unpaired) electrons. The van der Waals surface area contributed by atoms with Gasteiger partial charge >= 0.3 is 11.9 Å². The molecule has 0 saturated heterocycles. The molecule has 40 heavy (non-hydrogen) atoms. The van der Waals surface area contributed by atoms with Gasteiger partial charge in [0.2, 0.25) is 11.8 Å². The molecule has 2 aromatic carbocycles. The van der Waals surface area contributed by atoms with Crippen molar-refractivity contribution in [2.45, 2.75) is 63.7 Å². The number of carbonyl (C=O) groups excluding carboxylic acids is 4. The summed E-state index contributed by atoms with van der Waals surface area (Å²) in [5, 5.41) is 18.2. The fourth-order valence-electron chi connectivity index (χ4n) is 5.37. The van der Waals surface area contributed by atoms with E-state index in [1.54, 1.807) is 24.3 Å². The Morgan fingerprint density at radius 1 is 0.750 bits per heavy atom. The van der Waals surface area contributed by atoms with Crippen molar-refractivity contribution in [1.82, 2.24) is 9.80 Å². The van der Waals surface area contributed by atoms with Crippen molar-refractivity contribution < 1.29 is 39.0 Å². The van der Waals surface area contributed by atoms with Gasteiger partial charge in [0.15, 0.2) is 0 Å². The molecule has 212 valence electrons. The summed E-state index contributed by atoms with van der Waals surface area (Å²) in [6.07, 6.45) is 0.300. The summed E-state index contributed by atoms with van der Waals surface area (Å²) in [5.41, 5.74) is 13.0. The normalized spacial score (nSPS) is 18.8. The van der Waals surface area contributed by atoms with Crippen LogP contribution in [0, 0.1) is 0 Å². The van der Waals surface area contributed by atoms with E-state index < -0.39 is 42.3 Å². The van der Waals surface area contributed by atoms with Gasteiger partial charge in [-0.15, -0.1) is 0 Å². The number of nitrogens with zero attached hydrogens (tertiary/aromatic N) is 2. The van der Waals surface area contributed by atoms with Gasteiger partial charge in [0.1, 0.15) is 12.1 Å². The highest BCUT2D eigenvalue weighted by atomic mass is 16.4. The third-order valence-corrected chi connectivity index (χ3v) is 7.06. The molecule has 4 rings (SSSR count). The van der Waals surface area contributed by atoms with Crippen LogP contribution in [-0.2, 0) is 19.2 Å². The Morgan fingerprint density at radius 2 is 1.18 bits per heavy atom. The van der Waals surface area contributed by atoms with E-state index in [1.165, 1.54) is 9.80 Å². The van der Waals surface area contributed by atoms with Crippen LogP contribution in [0.1, 0.15) is 83.5 Å². The number of fused-ring (bicyclic) bond motifs is 2. The second kappa shape index (κ2) is 12.4. The number of carboxylic acids is 2. The van der Waals surface area contributed by atoms with Crippen LogP contribution in [0.15, 0.2) is 48.5 Å². The number of carboxylic acid groups (broad SMARTS) is 2. The molecule has 2 aromatic rings. The van der Waals surface area contributed by atoms with Crippen molar-refractivity contribution >= 4 is 35.6 Å². The van der Waals surface area contributed by atoms with Crippen LogP contribution < -0.4 is 11.5 Å². The van der Waals surface area contributed by atoms with E-state index in [-0.39, 0.29) is 30.3 Å². The lowest BCUT2D eigenvalue weighted by Gasteiger charge is -2.30. The Hall–Kier alpha value is -4.74. The fourth-order valence-corrected chi connectivity index (χ4v) is 5.37. The van der Waals surface area contributed by atoms with Crippen molar-refractivity contribution in [3.05, 3.63) is 70.8 Å². The van der Waals surface area contributed by atoms with Crippen LogP contribution in [0.25, 0.3) is 0 Å². The molecule has 2 heterocycles. The molecule has 12 heteroatoms. The fraction of sp³-hybridized carbons (Fsp3) is 0.357. The van der Waals surface area contributed by atoms with Crippen LogP contribution in [0.2, 0.25) is 0 Å². The average molecular weight is 553 g/mol. The molecule has 4 amide bonds. The number of amides is 4. The van der Waals surface area contributed by atoms with Crippen molar-refractivity contribution in [2.24, 2.45) is 11.5 Å².